The first-order valence-corrected chi connectivity index (χ1v) is 4.16. The molecule has 1 aliphatic rings. The fraction of sp³-hybridized carbons (Fsp3) is 1.00. The van der Waals surface area contributed by atoms with Crippen molar-refractivity contribution in [3.05, 3.63) is 0 Å². The molecule has 1 heterocycles. The highest BCUT2D eigenvalue weighted by Gasteiger charge is 2.43. The van der Waals surface area contributed by atoms with Gasteiger partial charge in [-0.05, 0) is 11.8 Å². The van der Waals surface area contributed by atoms with E-state index in [9.17, 15) is 15.3 Å². The molecule has 7 heteroatoms. The monoisotopic (exact) mass is 213 g/mol. The van der Waals surface area contributed by atoms with Crippen LogP contribution in [0.2, 0.25) is 0 Å². The first-order valence-electron chi connectivity index (χ1n) is 3.78. The minimum Gasteiger partial charge on any atom is -0.394 e. The van der Waals surface area contributed by atoms with Crippen molar-refractivity contribution in [1.29, 1.82) is 0 Å². The smallest absolute Gasteiger partial charge is 0.174 e. The normalized spacial score (nSPS) is 46.4. The summed E-state index contributed by atoms with van der Waals surface area (Å²) < 4.78 is 4.77. The molecule has 78 valence electrons. The summed E-state index contributed by atoms with van der Waals surface area (Å²) in [6, 6.07) is -0.973. The van der Waals surface area contributed by atoms with E-state index >= 15 is 0 Å². The van der Waals surface area contributed by atoms with Gasteiger partial charge in [0.15, 0.2) is 6.29 Å². The fourth-order valence-electron chi connectivity index (χ4n) is 1.21. The second-order valence-corrected chi connectivity index (χ2v) is 3.08. The molecule has 0 aromatic heterocycles. The summed E-state index contributed by atoms with van der Waals surface area (Å²) in [6.45, 7) is -0.482. The Bertz CT molecular complexity index is 171. The quantitative estimate of drug-likeness (QED) is 0.326. The number of rotatable bonds is 2. The predicted octanol–water partition coefficient (Wildman–Crippen LogP) is -2.47. The van der Waals surface area contributed by atoms with Crippen LogP contribution in [0.1, 0.15) is 0 Å². The van der Waals surface area contributed by atoms with E-state index in [1.54, 1.807) is 0 Å². The Morgan fingerprint density at radius 1 is 1.23 bits per heavy atom. The molecule has 0 amide bonds. The predicted molar refractivity (Wildman–Crippen MR) is 42.8 cm³/mol. The molecule has 5 N–H and O–H groups in total. The third-order valence-electron chi connectivity index (χ3n) is 2.03. The molecule has 5 atom stereocenters. The maximum atomic E-state index is 9.36. The molecule has 0 aliphatic carbocycles. The van der Waals surface area contributed by atoms with E-state index in [-0.39, 0.29) is 0 Å². The van der Waals surface area contributed by atoms with Crippen molar-refractivity contribution < 1.29 is 25.2 Å². The van der Waals surface area contributed by atoms with Gasteiger partial charge in [-0.25, -0.2) is 4.84 Å². The molecule has 1 unspecified atom stereocenters. The topological polar surface area (TPSA) is 102 Å². The molecule has 6 nitrogen and oxygen atoms in total. The Kier molecular flexibility index (Phi) is 3.87. The van der Waals surface area contributed by atoms with Gasteiger partial charge in [-0.2, -0.15) is 0 Å². The average Bonchev–Trinajstić information content (AvgIpc) is 2.12. The van der Waals surface area contributed by atoms with Crippen LogP contribution in [0.4, 0.5) is 0 Å². The van der Waals surface area contributed by atoms with Gasteiger partial charge in [-0.1, -0.05) is 0 Å². The van der Waals surface area contributed by atoms with Crippen LogP contribution in [0.15, 0.2) is 0 Å². The lowest BCUT2D eigenvalue weighted by Crippen LogP contribution is -2.61. The summed E-state index contributed by atoms with van der Waals surface area (Å²) in [7, 11) is 0. The third-order valence-corrected chi connectivity index (χ3v) is 2.28. The maximum Gasteiger partial charge on any atom is 0.174 e. The third kappa shape index (κ3) is 2.10. The Labute approximate surface area is 79.8 Å². The summed E-state index contributed by atoms with van der Waals surface area (Å²) in [4.78, 5) is 2.08. The number of hydrogen-bond acceptors (Lipinski definition) is 6. The summed E-state index contributed by atoms with van der Waals surface area (Å²) in [5.74, 6) is 0. The number of nitrogens with one attached hydrogen (secondary N) is 1. The molecule has 0 radical (unpaired) electrons. The zero-order chi connectivity index (χ0) is 10.0. The highest BCUT2D eigenvalue weighted by atomic mass is 35.5. The van der Waals surface area contributed by atoms with Crippen LogP contribution in [-0.2, 0) is 4.74 Å². The van der Waals surface area contributed by atoms with E-state index < -0.39 is 37.3 Å². The molecule has 1 rings (SSSR count). The van der Waals surface area contributed by atoms with Crippen LogP contribution >= 0.6 is 11.8 Å². The van der Waals surface area contributed by atoms with Crippen LogP contribution in [0.3, 0.4) is 0 Å². The van der Waals surface area contributed by atoms with Crippen molar-refractivity contribution in [2.45, 2.75) is 30.6 Å². The Morgan fingerprint density at radius 2 is 1.85 bits per heavy atom. The maximum absolute atomic E-state index is 9.36. The van der Waals surface area contributed by atoms with E-state index in [4.69, 9.17) is 21.6 Å². The SMILES string of the molecule is OC[C@H]1OC(O)[C@H](NCl)[C@@H](O)[C@@H]1O. The minimum absolute atomic E-state index is 0.482. The van der Waals surface area contributed by atoms with Crippen LogP contribution in [0.5, 0.6) is 0 Å². The van der Waals surface area contributed by atoms with Crippen molar-refractivity contribution in [3.8, 4) is 0 Å². The van der Waals surface area contributed by atoms with Crippen molar-refractivity contribution in [3.63, 3.8) is 0 Å². The molecule has 13 heavy (non-hydrogen) atoms. The van der Waals surface area contributed by atoms with Gasteiger partial charge in [0.05, 0.1) is 6.61 Å². The van der Waals surface area contributed by atoms with E-state index in [0.29, 0.717) is 0 Å². The van der Waals surface area contributed by atoms with Crippen LogP contribution < -0.4 is 4.84 Å². The molecule has 0 spiro atoms. The van der Waals surface area contributed by atoms with Gasteiger partial charge in [-0.3, -0.25) is 0 Å². The highest BCUT2D eigenvalue weighted by Crippen LogP contribution is 2.19. The molecule has 0 aromatic carbocycles. The molecular weight excluding hydrogens is 202 g/mol. The van der Waals surface area contributed by atoms with Gasteiger partial charge in [0.2, 0.25) is 0 Å². The number of halogens is 1. The largest absolute Gasteiger partial charge is 0.394 e. The van der Waals surface area contributed by atoms with Gasteiger partial charge >= 0.3 is 0 Å². The lowest BCUT2D eigenvalue weighted by Gasteiger charge is -2.39. The second-order valence-electron chi connectivity index (χ2n) is 2.86. The summed E-state index contributed by atoms with van der Waals surface area (Å²) in [5.41, 5.74) is 0. The second kappa shape index (κ2) is 4.52. The molecule has 1 fully saturated rings. The number of aliphatic hydroxyl groups is 4. The van der Waals surface area contributed by atoms with Crippen LogP contribution in [0, 0.1) is 0 Å². The zero-order valence-electron chi connectivity index (χ0n) is 6.67. The zero-order valence-corrected chi connectivity index (χ0v) is 7.42. The van der Waals surface area contributed by atoms with E-state index in [0.717, 1.165) is 0 Å². The van der Waals surface area contributed by atoms with E-state index in [2.05, 4.69) is 4.84 Å². The number of hydrogen-bond donors (Lipinski definition) is 5. The van der Waals surface area contributed by atoms with Gasteiger partial charge < -0.3 is 25.2 Å². The molecule has 0 aromatic rings. The van der Waals surface area contributed by atoms with Crippen molar-refractivity contribution in [2.75, 3.05) is 6.61 Å². The van der Waals surface area contributed by atoms with Gasteiger partial charge in [0.1, 0.15) is 24.4 Å². The number of ether oxygens (including phenoxy) is 1. The van der Waals surface area contributed by atoms with E-state index in [1.807, 2.05) is 0 Å². The Morgan fingerprint density at radius 3 is 2.31 bits per heavy atom. The van der Waals surface area contributed by atoms with Crippen molar-refractivity contribution in [1.82, 2.24) is 4.84 Å². The summed E-state index contributed by atoms with van der Waals surface area (Å²) >= 11 is 5.20. The summed E-state index contributed by atoms with van der Waals surface area (Å²) in [5, 5.41) is 36.6. The molecule has 1 aliphatic heterocycles. The summed E-state index contributed by atoms with van der Waals surface area (Å²) in [6.07, 6.45) is -4.90. The first-order chi connectivity index (χ1) is 6.11. The standard InChI is InChI=1S/C6H12ClNO5/c7-8-3-5(11)4(10)2(1-9)13-6(3)12/h2-6,8-12H,1H2/t2-,3-,4-,5-,6?/m1/s1. The molecular formula is C6H12ClNO5. The van der Waals surface area contributed by atoms with Gasteiger partial charge in [-0.15, -0.1) is 0 Å². The lowest BCUT2D eigenvalue weighted by molar-refractivity contribution is -0.251. The van der Waals surface area contributed by atoms with E-state index in [1.165, 1.54) is 0 Å². The fourth-order valence-corrected chi connectivity index (χ4v) is 1.45. The lowest BCUT2D eigenvalue weighted by atomic mass is 9.98. The Balaban J connectivity index is 2.66. The van der Waals surface area contributed by atoms with Gasteiger partial charge in [0, 0.05) is 0 Å². The van der Waals surface area contributed by atoms with Crippen LogP contribution in [-0.4, -0.2) is 57.7 Å². The molecule has 1 saturated heterocycles. The van der Waals surface area contributed by atoms with Crippen molar-refractivity contribution in [2.24, 2.45) is 0 Å². The Hall–Kier alpha value is 0.0500. The number of aliphatic hydroxyl groups excluding tert-OH is 4. The van der Waals surface area contributed by atoms with Crippen molar-refractivity contribution >= 4 is 11.8 Å². The molecule has 0 saturated carbocycles. The van der Waals surface area contributed by atoms with Gasteiger partial charge in [0.25, 0.3) is 0 Å². The minimum atomic E-state index is -1.35. The molecule has 0 bridgehead atoms. The van der Waals surface area contributed by atoms with Crippen LogP contribution in [0.25, 0.3) is 0 Å². The first kappa shape index (κ1) is 11.1. The highest BCUT2D eigenvalue weighted by molar-refractivity contribution is 6.13. The average molecular weight is 214 g/mol.